The molecule has 2 saturated heterocycles. The minimum absolute atomic E-state index is 0.0273. The van der Waals surface area contributed by atoms with E-state index in [4.69, 9.17) is 4.84 Å². The van der Waals surface area contributed by atoms with Crippen molar-refractivity contribution in [2.45, 2.75) is 45.3 Å². The molecule has 4 amide bonds. The zero-order valence-corrected chi connectivity index (χ0v) is 14.1. The summed E-state index contributed by atoms with van der Waals surface area (Å²) in [6.45, 7) is 3.91. The average Bonchev–Trinajstić information content (AvgIpc) is 2.91. The Hall–Kier alpha value is -2.19. The summed E-state index contributed by atoms with van der Waals surface area (Å²) in [5.41, 5.74) is 0. The molecule has 2 heterocycles. The number of nitrogens with zero attached hydrogens (tertiary/aromatic N) is 2. The molecule has 0 aliphatic carbocycles. The zero-order valence-electron chi connectivity index (χ0n) is 14.1. The van der Waals surface area contributed by atoms with E-state index >= 15 is 0 Å². The van der Waals surface area contributed by atoms with Crippen molar-refractivity contribution in [1.29, 1.82) is 0 Å². The first kappa shape index (κ1) is 18.2. The largest absolute Gasteiger partial charge is 0.333 e. The lowest BCUT2D eigenvalue weighted by atomic mass is 9.86. The van der Waals surface area contributed by atoms with Crippen LogP contribution < -0.4 is 0 Å². The summed E-state index contributed by atoms with van der Waals surface area (Å²) in [6, 6.07) is 0. The SMILES string of the molecule is BC1CC(=O)N(OC(=O)CCCN2C(=O)CC(C(C)C)C2=O)C1=O. The average molecular weight is 336 g/mol. The molecule has 0 radical (unpaired) electrons. The first-order valence-electron chi connectivity index (χ1n) is 8.14. The van der Waals surface area contributed by atoms with E-state index in [0.29, 0.717) is 5.06 Å². The molecule has 0 aromatic heterocycles. The summed E-state index contributed by atoms with van der Waals surface area (Å²) < 4.78 is 0. The molecule has 0 aromatic rings. The van der Waals surface area contributed by atoms with Crippen LogP contribution >= 0.6 is 0 Å². The number of likely N-dealkylation sites (tertiary alicyclic amines) is 1. The quantitative estimate of drug-likeness (QED) is 0.476. The maximum atomic E-state index is 12.1. The van der Waals surface area contributed by atoms with Gasteiger partial charge in [0.25, 0.3) is 11.8 Å². The Labute approximate surface area is 140 Å². The molecule has 2 rings (SSSR count). The molecule has 0 saturated carbocycles. The van der Waals surface area contributed by atoms with Gasteiger partial charge in [-0.15, -0.1) is 5.06 Å². The van der Waals surface area contributed by atoms with Gasteiger partial charge in [-0.1, -0.05) is 13.8 Å². The van der Waals surface area contributed by atoms with Crippen LogP contribution in [0.5, 0.6) is 0 Å². The van der Waals surface area contributed by atoms with Crippen LogP contribution in [0, 0.1) is 11.8 Å². The minimum atomic E-state index is -0.731. The summed E-state index contributed by atoms with van der Waals surface area (Å²) in [5.74, 6) is -2.93. The van der Waals surface area contributed by atoms with E-state index in [9.17, 15) is 24.0 Å². The van der Waals surface area contributed by atoms with Crippen molar-refractivity contribution in [3.8, 4) is 0 Å². The highest BCUT2D eigenvalue weighted by molar-refractivity contribution is 6.29. The van der Waals surface area contributed by atoms with E-state index in [2.05, 4.69) is 0 Å². The maximum Gasteiger partial charge on any atom is 0.333 e. The van der Waals surface area contributed by atoms with Crippen molar-refractivity contribution in [1.82, 2.24) is 9.96 Å². The molecule has 0 aromatic carbocycles. The third-order valence-corrected chi connectivity index (χ3v) is 4.37. The van der Waals surface area contributed by atoms with Gasteiger partial charge in [0.1, 0.15) is 7.85 Å². The van der Waals surface area contributed by atoms with Gasteiger partial charge in [0, 0.05) is 37.5 Å². The molecule has 0 bridgehead atoms. The van der Waals surface area contributed by atoms with Crippen LogP contribution in [-0.2, 0) is 28.8 Å². The van der Waals surface area contributed by atoms with Gasteiger partial charge < -0.3 is 4.84 Å². The zero-order chi connectivity index (χ0) is 18.0. The molecular formula is C15H21BN2O6. The summed E-state index contributed by atoms with van der Waals surface area (Å²) >= 11 is 0. The number of imide groups is 2. The lowest BCUT2D eigenvalue weighted by Gasteiger charge is -2.17. The molecule has 2 aliphatic heterocycles. The monoisotopic (exact) mass is 336 g/mol. The summed E-state index contributed by atoms with van der Waals surface area (Å²) in [4.78, 5) is 64.9. The third-order valence-electron chi connectivity index (χ3n) is 4.37. The second kappa shape index (κ2) is 7.15. The normalized spacial score (nSPS) is 24.5. The van der Waals surface area contributed by atoms with Gasteiger partial charge in [0.05, 0.1) is 0 Å². The van der Waals surface area contributed by atoms with E-state index in [-0.39, 0.29) is 55.9 Å². The number of rotatable bonds is 6. The molecule has 8 nitrogen and oxygen atoms in total. The summed E-state index contributed by atoms with van der Waals surface area (Å²) in [7, 11) is 1.59. The van der Waals surface area contributed by atoms with E-state index in [0.717, 1.165) is 0 Å². The lowest BCUT2D eigenvalue weighted by Crippen LogP contribution is -2.34. The van der Waals surface area contributed by atoms with Crippen LogP contribution in [-0.4, -0.2) is 54.0 Å². The lowest BCUT2D eigenvalue weighted by molar-refractivity contribution is -0.197. The van der Waals surface area contributed by atoms with E-state index < -0.39 is 23.6 Å². The first-order valence-corrected chi connectivity index (χ1v) is 8.14. The van der Waals surface area contributed by atoms with Gasteiger partial charge in [-0.2, -0.15) is 0 Å². The first-order chi connectivity index (χ1) is 11.2. The van der Waals surface area contributed by atoms with Crippen molar-refractivity contribution >= 4 is 37.4 Å². The smallest absolute Gasteiger partial charge is 0.330 e. The topological polar surface area (TPSA) is 101 Å². The second-order valence-electron chi connectivity index (χ2n) is 6.64. The molecule has 2 unspecified atom stereocenters. The van der Waals surface area contributed by atoms with E-state index in [1.807, 2.05) is 13.8 Å². The van der Waals surface area contributed by atoms with Gasteiger partial charge in [-0.05, 0) is 12.3 Å². The summed E-state index contributed by atoms with van der Waals surface area (Å²) in [6.07, 6.45) is 0.372. The number of carbonyl (C=O) groups excluding carboxylic acids is 5. The Bertz CT molecular complexity index is 591. The van der Waals surface area contributed by atoms with Crippen molar-refractivity contribution in [2.75, 3.05) is 6.54 Å². The van der Waals surface area contributed by atoms with Crippen LogP contribution in [0.4, 0.5) is 0 Å². The van der Waals surface area contributed by atoms with Gasteiger partial charge in [-0.25, -0.2) is 4.79 Å². The van der Waals surface area contributed by atoms with Crippen molar-refractivity contribution in [3.63, 3.8) is 0 Å². The fourth-order valence-corrected chi connectivity index (χ4v) is 2.84. The molecule has 24 heavy (non-hydrogen) atoms. The Morgan fingerprint density at radius 1 is 1.17 bits per heavy atom. The number of hydrogen-bond donors (Lipinski definition) is 0. The highest BCUT2D eigenvalue weighted by Gasteiger charge is 2.40. The van der Waals surface area contributed by atoms with E-state index in [1.165, 1.54) is 4.90 Å². The highest BCUT2D eigenvalue weighted by atomic mass is 16.7. The molecule has 0 spiro atoms. The van der Waals surface area contributed by atoms with Crippen molar-refractivity contribution in [3.05, 3.63) is 0 Å². The second-order valence-corrected chi connectivity index (χ2v) is 6.64. The van der Waals surface area contributed by atoms with Gasteiger partial charge >= 0.3 is 5.97 Å². The molecule has 0 N–H and O–H groups in total. The molecule has 2 aliphatic rings. The molecule has 2 fully saturated rings. The van der Waals surface area contributed by atoms with Gasteiger partial charge in [0.15, 0.2) is 0 Å². The minimum Gasteiger partial charge on any atom is -0.330 e. The fraction of sp³-hybridized carbons (Fsp3) is 0.667. The van der Waals surface area contributed by atoms with Crippen LogP contribution in [0.25, 0.3) is 0 Å². The Morgan fingerprint density at radius 2 is 1.83 bits per heavy atom. The molecule has 2 atom stereocenters. The maximum absolute atomic E-state index is 12.1. The molecule has 130 valence electrons. The fourth-order valence-electron chi connectivity index (χ4n) is 2.84. The van der Waals surface area contributed by atoms with Gasteiger partial charge in [0.2, 0.25) is 11.8 Å². The Balaban J connectivity index is 1.79. The van der Waals surface area contributed by atoms with Crippen LogP contribution in [0.3, 0.4) is 0 Å². The van der Waals surface area contributed by atoms with Crippen LogP contribution in [0.1, 0.15) is 39.5 Å². The highest BCUT2D eigenvalue weighted by Crippen LogP contribution is 2.26. The van der Waals surface area contributed by atoms with Gasteiger partial charge in [-0.3, -0.25) is 24.1 Å². The van der Waals surface area contributed by atoms with Crippen LogP contribution in [0.2, 0.25) is 5.82 Å². The Morgan fingerprint density at radius 3 is 2.33 bits per heavy atom. The number of carbonyl (C=O) groups is 5. The third kappa shape index (κ3) is 3.65. The molecule has 9 heteroatoms. The number of hydroxylamine groups is 2. The number of amides is 4. The predicted molar refractivity (Wildman–Crippen MR) is 83.8 cm³/mol. The number of hydrogen-bond acceptors (Lipinski definition) is 6. The summed E-state index contributed by atoms with van der Waals surface area (Å²) in [5, 5.41) is 0.508. The van der Waals surface area contributed by atoms with E-state index in [1.54, 1.807) is 7.85 Å². The van der Waals surface area contributed by atoms with Crippen molar-refractivity contribution in [2.24, 2.45) is 11.8 Å². The molecular weight excluding hydrogens is 315 g/mol. The van der Waals surface area contributed by atoms with Crippen molar-refractivity contribution < 1.29 is 28.8 Å². The standard InChI is InChI=1S/C15H21BN2O6/c1-8(2)9-6-11(19)17(14(9)22)5-3-4-13(21)24-18-12(20)7-10(16)15(18)23/h8-10H,3-7,16H2,1-2H3. The Kier molecular flexibility index (Phi) is 5.41. The van der Waals surface area contributed by atoms with Crippen LogP contribution in [0.15, 0.2) is 0 Å². The predicted octanol–water partition coefficient (Wildman–Crippen LogP) is -0.564.